The minimum Gasteiger partial charge on any atom is -0.371 e. The van der Waals surface area contributed by atoms with Gasteiger partial charge in [-0.1, -0.05) is 24.3 Å². The number of nitrogens with one attached hydrogen (secondary N) is 1. The maximum absolute atomic E-state index is 13.5. The van der Waals surface area contributed by atoms with E-state index >= 15 is 0 Å². The van der Waals surface area contributed by atoms with E-state index in [-0.39, 0.29) is 5.91 Å². The van der Waals surface area contributed by atoms with Gasteiger partial charge in [0.2, 0.25) is 5.91 Å². The van der Waals surface area contributed by atoms with Crippen LogP contribution in [-0.4, -0.2) is 29.5 Å². The number of benzene rings is 3. The fraction of sp³-hybridized carbons (Fsp3) is 0.179. The second-order valence-corrected chi connectivity index (χ2v) is 8.76. The number of nitrogens with two attached hydrogens (primary N) is 1. The second-order valence-electron chi connectivity index (χ2n) is 8.76. The average molecular weight is 464 g/mol. The smallest absolute Gasteiger partial charge is 0.272 e. The van der Waals surface area contributed by atoms with Gasteiger partial charge in [0.15, 0.2) is 0 Å². The third-order valence-corrected chi connectivity index (χ3v) is 6.42. The minimum atomic E-state index is -0.488. The van der Waals surface area contributed by atoms with Crippen molar-refractivity contribution in [2.45, 2.75) is 19.4 Å². The number of fused-ring (bicyclic) bond motifs is 1. The first kappa shape index (κ1) is 22.2. The summed E-state index contributed by atoms with van der Waals surface area (Å²) >= 11 is 0. The molecule has 3 aromatic carbocycles. The van der Waals surface area contributed by atoms with E-state index in [4.69, 9.17) is 5.73 Å². The highest BCUT2D eigenvalue weighted by Gasteiger charge is 2.18. The SMILES string of the molecule is N#Cc1ccc2cc(C(=O)Nc3cccc(N4CCCC4)c3)n(Cc3ccc(C(N)=O)cc3)c2c1. The number of anilines is 2. The molecule has 3 N–H and O–H groups in total. The van der Waals surface area contributed by atoms with E-state index in [0.29, 0.717) is 23.4 Å². The molecule has 0 radical (unpaired) electrons. The van der Waals surface area contributed by atoms with Gasteiger partial charge in [0.05, 0.1) is 17.1 Å². The molecule has 0 bridgehead atoms. The van der Waals surface area contributed by atoms with Gasteiger partial charge in [0.25, 0.3) is 5.91 Å². The fourth-order valence-electron chi connectivity index (χ4n) is 4.59. The summed E-state index contributed by atoms with van der Waals surface area (Å²) in [6, 6.07) is 24.3. The topological polar surface area (TPSA) is 104 Å². The van der Waals surface area contributed by atoms with Crippen LogP contribution in [0.1, 0.15) is 44.8 Å². The molecular weight excluding hydrogens is 438 g/mol. The first-order valence-corrected chi connectivity index (χ1v) is 11.6. The molecule has 2 heterocycles. The summed E-state index contributed by atoms with van der Waals surface area (Å²) < 4.78 is 1.90. The molecule has 0 unspecified atom stereocenters. The van der Waals surface area contributed by atoms with Crippen LogP contribution in [0.3, 0.4) is 0 Å². The largest absolute Gasteiger partial charge is 0.371 e. The Morgan fingerprint density at radius 3 is 2.46 bits per heavy atom. The zero-order chi connectivity index (χ0) is 24.4. The summed E-state index contributed by atoms with van der Waals surface area (Å²) in [6.07, 6.45) is 2.36. The van der Waals surface area contributed by atoms with Crippen molar-refractivity contribution in [1.82, 2.24) is 4.57 Å². The van der Waals surface area contributed by atoms with Gasteiger partial charge in [-0.15, -0.1) is 0 Å². The lowest BCUT2D eigenvalue weighted by Gasteiger charge is -2.18. The Kier molecular flexibility index (Phi) is 5.94. The monoisotopic (exact) mass is 463 g/mol. The second kappa shape index (κ2) is 9.35. The molecule has 1 aromatic heterocycles. The Morgan fingerprint density at radius 2 is 1.74 bits per heavy atom. The van der Waals surface area contributed by atoms with Crippen molar-refractivity contribution < 1.29 is 9.59 Å². The van der Waals surface area contributed by atoms with Crippen molar-refractivity contribution >= 4 is 34.1 Å². The molecule has 4 aromatic rings. The van der Waals surface area contributed by atoms with Crippen LogP contribution in [0, 0.1) is 11.3 Å². The van der Waals surface area contributed by atoms with E-state index in [0.717, 1.165) is 40.9 Å². The minimum absolute atomic E-state index is 0.230. The van der Waals surface area contributed by atoms with Crippen LogP contribution >= 0.6 is 0 Å². The Morgan fingerprint density at radius 1 is 0.971 bits per heavy atom. The Balaban J connectivity index is 1.49. The van der Waals surface area contributed by atoms with Crippen LogP contribution in [-0.2, 0) is 6.54 Å². The Bertz CT molecular complexity index is 1460. The van der Waals surface area contributed by atoms with Crippen LogP contribution in [0.4, 0.5) is 11.4 Å². The summed E-state index contributed by atoms with van der Waals surface area (Å²) in [5.74, 6) is -0.718. The summed E-state index contributed by atoms with van der Waals surface area (Å²) in [6.45, 7) is 2.46. The van der Waals surface area contributed by atoms with E-state index in [1.165, 1.54) is 12.8 Å². The van der Waals surface area contributed by atoms with E-state index in [1.807, 2.05) is 47.0 Å². The van der Waals surface area contributed by atoms with Crippen LogP contribution in [0.15, 0.2) is 72.8 Å². The van der Waals surface area contributed by atoms with Crippen molar-refractivity contribution in [2.75, 3.05) is 23.3 Å². The summed E-state index contributed by atoms with van der Waals surface area (Å²) in [5, 5.41) is 13.3. The molecule has 1 fully saturated rings. The summed E-state index contributed by atoms with van der Waals surface area (Å²) in [4.78, 5) is 27.2. The Hall–Kier alpha value is -4.57. The molecule has 35 heavy (non-hydrogen) atoms. The first-order valence-electron chi connectivity index (χ1n) is 11.6. The predicted molar refractivity (Wildman–Crippen MR) is 137 cm³/mol. The number of nitriles is 1. The summed E-state index contributed by atoms with van der Waals surface area (Å²) in [7, 11) is 0. The zero-order valence-electron chi connectivity index (χ0n) is 19.2. The number of nitrogens with zero attached hydrogens (tertiary/aromatic N) is 3. The number of carbonyl (C=O) groups excluding carboxylic acids is 2. The van der Waals surface area contributed by atoms with Gasteiger partial charge < -0.3 is 20.5 Å². The van der Waals surface area contributed by atoms with Crippen LogP contribution < -0.4 is 16.0 Å². The third-order valence-electron chi connectivity index (χ3n) is 6.42. The molecule has 7 heteroatoms. The standard InChI is InChI=1S/C28H25N5O2/c29-17-20-8-11-22-15-26(28(35)31-23-4-3-5-24(16-23)32-12-1-2-13-32)33(25(22)14-20)18-19-6-9-21(10-7-19)27(30)34/h3-11,14-16H,1-2,12-13,18H2,(H2,30,34)(H,31,35). The zero-order valence-corrected chi connectivity index (χ0v) is 19.2. The number of hydrogen-bond acceptors (Lipinski definition) is 4. The van der Waals surface area contributed by atoms with E-state index in [9.17, 15) is 14.9 Å². The van der Waals surface area contributed by atoms with Gasteiger partial charge in [-0.3, -0.25) is 9.59 Å². The predicted octanol–water partition coefficient (Wildman–Crippen LogP) is 4.51. The molecule has 1 saturated heterocycles. The molecule has 5 rings (SSSR count). The molecule has 0 spiro atoms. The quantitative estimate of drug-likeness (QED) is 0.439. The van der Waals surface area contributed by atoms with Crippen LogP contribution in [0.25, 0.3) is 10.9 Å². The lowest BCUT2D eigenvalue weighted by molar-refractivity contribution is 0.0997. The maximum atomic E-state index is 13.5. The van der Waals surface area contributed by atoms with Crippen LogP contribution in [0.2, 0.25) is 0 Å². The van der Waals surface area contributed by atoms with E-state index in [1.54, 1.807) is 24.3 Å². The molecule has 174 valence electrons. The molecule has 2 amide bonds. The fourth-order valence-corrected chi connectivity index (χ4v) is 4.59. The van der Waals surface area contributed by atoms with E-state index < -0.39 is 5.91 Å². The van der Waals surface area contributed by atoms with Gasteiger partial charge in [-0.25, -0.2) is 0 Å². The third kappa shape index (κ3) is 4.59. The summed E-state index contributed by atoms with van der Waals surface area (Å²) in [5.41, 5.74) is 10.3. The molecule has 1 aliphatic rings. The molecule has 1 aliphatic heterocycles. The maximum Gasteiger partial charge on any atom is 0.272 e. The van der Waals surface area contributed by atoms with Gasteiger partial charge in [0, 0.05) is 42.0 Å². The van der Waals surface area contributed by atoms with Gasteiger partial charge in [-0.05, 0) is 66.9 Å². The number of primary amides is 1. The number of rotatable bonds is 6. The number of hydrogen-bond donors (Lipinski definition) is 2. The van der Waals surface area contributed by atoms with Crippen molar-refractivity contribution in [3.05, 3.63) is 95.2 Å². The molecule has 0 aliphatic carbocycles. The van der Waals surface area contributed by atoms with Crippen molar-refractivity contribution in [3.63, 3.8) is 0 Å². The van der Waals surface area contributed by atoms with Crippen LogP contribution in [0.5, 0.6) is 0 Å². The van der Waals surface area contributed by atoms with Gasteiger partial charge in [-0.2, -0.15) is 5.26 Å². The number of carbonyl (C=O) groups is 2. The van der Waals surface area contributed by atoms with Gasteiger partial charge >= 0.3 is 0 Å². The molecule has 0 saturated carbocycles. The highest BCUT2D eigenvalue weighted by molar-refractivity contribution is 6.06. The normalized spacial score (nSPS) is 13.1. The molecule has 7 nitrogen and oxygen atoms in total. The first-order chi connectivity index (χ1) is 17.0. The lowest BCUT2D eigenvalue weighted by atomic mass is 10.1. The van der Waals surface area contributed by atoms with Crippen molar-refractivity contribution in [2.24, 2.45) is 5.73 Å². The van der Waals surface area contributed by atoms with E-state index in [2.05, 4.69) is 22.4 Å². The van der Waals surface area contributed by atoms with Gasteiger partial charge in [0.1, 0.15) is 5.69 Å². The Labute approximate surface area is 203 Å². The molecule has 0 atom stereocenters. The highest BCUT2D eigenvalue weighted by Crippen LogP contribution is 2.26. The molecular formula is C28H25N5O2. The highest BCUT2D eigenvalue weighted by atomic mass is 16.2. The lowest BCUT2D eigenvalue weighted by Crippen LogP contribution is -2.19. The number of amides is 2. The average Bonchev–Trinajstić information content (AvgIpc) is 3.53. The number of aromatic nitrogens is 1. The van der Waals surface area contributed by atoms with Crippen molar-refractivity contribution in [1.29, 1.82) is 5.26 Å². The van der Waals surface area contributed by atoms with Crippen molar-refractivity contribution in [3.8, 4) is 6.07 Å².